The Balaban J connectivity index is 1.99. The van der Waals surface area contributed by atoms with Gasteiger partial charge in [-0.05, 0) is 23.8 Å². The van der Waals surface area contributed by atoms with Gasteiger partial charge in [-0.1, -0.05) is 41.9 Å². The summed E-state index contributed by atoms with van der Waals surface area (Å²) >= 11 is 6.03. The van der Waals surface area contributed by atoms with Crippen molar-refractivity contribution in [1.29, 1.82) is 0 Å². The van der Waals surface area contributed by atoms with Gasteiger partial charge in [-0.2, -0.15) is 0 Å². The maximum atomic E-state index is 12.1. The topological polar surface area (TPSA) is 41.6 Å². The number of nitrogens with zero attached hydrogens (tertiary/aromatic N) is 1. The molecule has 0 atom stereocenters. The van der Waals surface area contributed by atoms with Crippen LogP contribution in [0.1, 0.15) is 5.56 Å². The summed E-state index contributed by atoms with van der Waals surface area (Å²) in [7, 11) is 3.29. The summed E-state index contributed by atoms with van der Waals surface area (Å²) in [6.07, 6.45) is 0. The Morgan fingerprint density at radius 3 is 2.57 bits per heavy atom. The molecular formula is C16H17ClN2O2. The number of carbonyl (C=O) groups is 1. The lowest BCUT2D eigenvalue weighted by molar-refractivity contribution is 0.220. The van der Waals surface area contributed by atoms with E-state index in [1.807, 2.05) is 30.3 Å². The maximum Gasteiger partial charge on any atom is 0.321 e. The van der Waals surface area contributed by atoms with Crippen molar-refractivity contribution >= 4 is 23.3 Å². The first-order valence-electron chi connectivity index (χ1n) is 6.49. The van der Waals surface area contributed by atoms with Gasteiger partial charge in [-0.3, -0.25) is 0 Å². The summed E-state index contributed by atoms with van der Waals surface area (Å²) < 4.78 is 5.08. The van der Waals surface area contributed by atoms with E-state index in [1.165, 1.54) is 0 Å². The van der Waals surface area contributed by atoms with Crippen molar-refractivity contribution in [2.45, 2.75) is 6.54 Å². The number of hydrogen-bond donors (Lipinski definition) is 1. The predicted molar refractivity (Wildman–Crippen MR) is 84.9 cm³/mol. The summed E-state index contributed by atoms with van der Waals surface area (Å²) in [5.41, 5.74) is 1.70. The molecule has 0 heterocycles. The van der Waals surface area contributed by atoms with Crippen LogP contribution in [0.25, 0.3) is 0 Å². The quantitative estimate of drug-likeness (QED) is 0.927. The predicted octanol–water partition coefficient (Wildman–Crippen LogP) is 4.01. The molecule has 0 fully saturated rings. The molecule has 0 aliphatic heterocycles. The van der Waals surface area contributed by atoms with Crippen molar-refractivity contribution in [2.75, 3.05) is 19.5 Å². The van der Waals surface area contributed by atoms with E-state index < -0.39 is 0 Å². The number of nitrogens with one attached hydrogen (secondary N) is 1. The molecule has 21 heavy (non-hydrogen) atoms. The van der Waals surface area contributed by atoms with E-state index >= 15 is 0 Å². The average Bonchev–Trinajstić information content (AvgIpc) is 2.48. The fourth-order valence-corrected chi connectivity index (χ4v) is 2.15. The van der Waals surface area contributed by atoms with Crippen molar-refractivity contribution in [3.63, 3.8) is 0 Å². The number of carbonyl (C=O) groups excluding carboxylic acids is 1. The molecule has 0 aliphatic rings. The van der Waals surface area contributed by atoms with Crippen molar-refractivity contribution < 1.29 is 9.53 Å². The van der Waals surface area contributed by atoms with Gasteiger partial charge in [0.2, 0.25) is 0 Å². The second-order valence-electron chi connectivity index (χ2n) is 4.62. The molecule has 0 aromatic heterocycles. The highest BCUT2D eigenvalue weighted by molar-refractivity contribution is 6.32. The van der Waals surface area contributed by atoms with Gasteiger partial charge >= 0.3 is 6.03 Å². The average molecular weight is 305 g/mol. The molecule has 0 unspecified atom stereocenters. The Labute approximate surface area is 129 Å². The maximum absolute atomic E-state index is 12.1. The fourth-order valence-electron chi connectivity index (χ4n) is 1.89. The molecule has 2 rings (SSSR count). The Morgan fingerprint density at radius 2 is 1.95 bits per heavy atom. The minimum atomic E-state index is -0.194. The lowest BCUT2D eigenvalue weighted by atomic mass is 10.2. The van der Waals surface area contributed by atoms with Crippen LogP contribution in [0.5, 0.6) is 5.75 Å². The van der Waals surface area contributed by atoms with Crippen molar-refractivity contribution in [3.8, 4) is 5.75 Å². The number of amides is 2. The SMILES string of the molecule is COc1ccc(NC(=O)N(C)Cc2ccccc2)cc1Cl. The van der Waals surface area contributed by atoms with E-state index in [-0.39, 0.29) is 6.03 Å². The number of anilines is 1. The van der Waals surface area contributed by atoms with Crippen LogP contribution in [-0.2, 0) is 6.54 Å². The second kappa shape index (κ2) is 6.99. The number of halogens is 1. The lowest BCUT2D eigenvalue weighted by Crippen LogP contribution is -2.30. The minimum Gasteiger partial charge on any atom is -0.495 e. The normalized spacial score (nSPS) is 10.0. The number of ether oxygens (including phenoxy) is 1. The number of benzene rings is 2. The largest absolute Gasteiger partial charge is 0.495 e. The van der Waals surface area contributed by atoms with Crippen molar-refractivity contribution in [3.05, 3.63) is 59.1 Å². The highest BCUT2D eigenvalue weighted by Gasteiger charge is 2.10. The smallest absolute Gasteiger partial charge is 0.321 e. The molecule has 110 valence electrons. The minimum absolute atomic E-state index is 0.194. The molecule has 5 heteroatoms. The Hall–Kier alpha value is -2.20. The molecule has 4 nitrogen and oxygen atoms in total. The van der Waals surface area contributed by atoms with E-state index in [0.717, 1.165) is 5.56 Å². The van der Waals surface area contributed by atoms with Gasteiger partial charge in [0.15, 0.2) is 0 Å². The summed E-state index contributed by atoms with van der Waals surface area (Å²) in [5.74, 6) is 0.576. The van der Waals surface area contributed by atoms with Gasteiger partial charge in [0.25, 0.3) is 0 Å². The zero-order valence-corrected chi connectivity index (χ0v) is 12.7. The third kappa shape index (κ3) is 4.13. The molecule has 0 aliphatic carbocycles. The van der Waals surface area contributed by atoms with Crippen LogP contribution in [0.2, 0.25) is 5.02 Å². The first-order chi connectivity index (χ1) is 10.1. The van der Waals surface area contributed by atoms with Crippen LogP contribution in [0.4, 0.5) is 10.5 Å². The number of hydrogen-bond acceptors (Lipinski definition) is 2. The van der Waals surface area contributed by atoms with Crippen molar-refractivity contribution in [1.82, 2.24) is 4.90 Å². The Bertz CT molecular complexity index is 617. The van der Waals surface area contributed by atoms with E-state index in [9.17, 15) is 4.79 Å². The Morgan fingerprint density at radius 1 is 1.24 bits per heavy atom. The number of methoxy groups -OCH3 is 1. The second-order valence-corrected chi connectivity index (χ2v) is 5.03. The number of rotatable bonds is 4. The molecule has 2 amide bonds. The molecule has 1 N–H and O–H groups in total. The molecule has 0 radical (unpaired) electrons. The highest BCUT2D eigenvalue weighted by Crippen LogP contribution is 2.27. The van der Waals surface area contributed by atoms with Crippen LogP contribution < -0.4 is 10.1 Å². The van der Waals surface area contributed by atoms with E-state index in [4.69, 9.17) is 16.3 Å². The first kappa shape index (κ1) is 15.2. The molecule has 2 aromatic rings. The van der Waals surface area contributed by atoms with Crippen LogP contribution in [0.3, 0.4) is 0 Å². The summed E-state index contributed by atoms with van der Waals surface area (Å²) in [6.45, 7) is 0.538. The van der Waals surface area contributed by atoms with E-state index in [1.54, 1.807) is 37.3 Å². The first-order valence-corrected chi connectivity index (χ1v) is 6.87. The molecule has 0 saturated heterocycles. The highest BCUT2D eigenvalue weighted by atomic mass is 35.5. The van der Waals surface area contributed by atoms with Crippen molar-refractivity contribution in [2.24, 2.45) is 0 Å². The lowest BCUT2D eigenvalue weighted by Gasteiger charge is -2.18. The third-order valence-electron chi connectivity index (χ3n) is 3.01. The van der Waals surface area contributed by atoms with E-state index in [0.29, 0.717) is 23.0 Å². The summed E-state index contributed by atoms with van der Waals surface area (Å²) in [5, 5.41) is 3.26. The number of urea groups is 1. The van der Waals surface area contributed by atoms with Gasteiger partial charge < -0.3 is 15.0 Å². The van der Waals surface area contributed by atoms with Gasteiger partial charge in [0.1, 0.15) is 5.75 Å². The zero-order chi connectivity index (χ0) is 15.2. The zero-order valence-electron chi connectivity index (χ0n) is 12.0. The molecular weight excluding hydrogens is 288 g/mol. The standard InChI is InChI=1S/C16H17ClN2O2/c1-19(11-12-6-4-3-5-7-12)16(20)18-13-8-9-15(21-2)14(17)10-13/h3-10H,11H2,1-2H3,(H,18,20). The molecule has 0 saturated carbocycles. The summed E-state index contributed by atoms with van der Waals surface area (Å²) in [6, 6.07) is 14.7. The molecule has 0 spiro atoms. The van der Waals surface area contributed by atoms with Crippen LogP contribution >= 0.6 is 11.6 Å². The van der Waals surface area contributed by atoms with Gasteiger partial charge in [-0.25, -0.2) is 4.79 Å². The van der Waals surface area contributed by atoms with Gasteiger partial charge in [0.05, 0.1) is 12.1 Å². The Kier molecular flexibility index (Phi) is 5.06. The third-order valence-corrected chi connectivity index (χ3v) is 3.31. The van der Waals surface area contributed by atoms with Crippen LogP contribution in [-0.4, -0.2) is 25.1 Å². The van der Waals surface area contributed by atoms with Crippen LogP contribution in [0, 0.1) is 0 Å². The van der Waals surface area contributed by atoms with Gasteiger partial charge in [-0.15, -0.1) is 0 Å². The van der Waals surface area contributed by atoms with Gasteiger partial charge in [0, 0.05) is 19.3 Å². The van der Waals surface area contributed by atoms with Crippen LogP contribution in [0.15, 0.2) is 48.5 Å². The summed E-state index contributed by atoms with van der Waals surface area (Å²) in [4.78, 5) is 13.7. The molecule has 0 bridgehead atoms. The fraction of sp³-hybridized carbons (Fsp3) is 0.188. The monoisotopic (exact) mass is 304 g/mol. The van der Waals surface area contributed by atoms with E-state index in [2.05, 4.69) is 5.32 Å². The molecule has 2 aromatic carbocycles.